The maximum Gasteiger partial charge on any atom is 0.134 e. The van der Waals surface area contributed by atoms with Crippen molar-refractivity contribution in [2.24, 2.45) is 0 Å². The number of phenols is 1. The van der Waals surface area contributed by atoms with E-state index >= 15 is 0 Å². The van der Waals surface area contributed by atoms with Crippen LogP contribution in [0.1, 0.15) is 17.5 Å². The highest BCUT2D eigenvalue weighted by Crippen LogP contribution is 2.16. The standard InChI is InChI=1S/C11H8BrNO/c12-6-2-1-3-9-4-5-10(8-13)11(14)7-9/h4-5,7,14H,2,6H2. The zero-order chi connectivity index (χ0) is 10.4. The van der Waals surface area contributed by atoms with Crippen molar-refractivity contribution in [2.45, 2.75) is 6.42 Å². The van der Waals surface area contributed by atoms with Crippen LogP contribution in [0.3, 0.4) is 0 Å². The number of rotatable bonds is 1. The van der Waals surface area contributed by atoms with Crippen LogP contribution in [0.2, 0.25) is 0 Å². The van der Waals surface area contributed by atoms with Gasteiger partial charge in [-0.15, -0.1) is 0 Å². The van der Waals surface area contributed by atoms with Crippen molar-refractivity contribution in [2.75, 3.05) is 5.33 Å². The molecular formula is C11H8BrNO. The van der Waals surface area contributed by atoms with Crippen molar-refractivity contribution in [3.8, 4) is 23.7 Å². The summed E-state index contributed by atoms with van der Waals surface area (Å²) in [6.45, 7) is 0. The molecule has 0 aliphatic rings. The first-order valence-corrected chi connectivity index (χ1v) is 5.18. The summed E-state index contributed by atoms with van der Waals surface area (Å²) in [7, 11) is 0. The maximum absolute atomic E-state index is 9.35. The predicted molar refractivity (Wildman–Crippen MR) is 58.1 cm³/mol. The summed E-state index contributed by atoms with van der Waals surface area (Å²) >= 11 is 3.27. The minimum Gasteiger partial charge on any atom is -0.507 e. The van der Waals surface area contributed by atoms with Gasteiger partial charge in [-0.3, -0.25) is 0 Å². The molecule has 1 N–H and O–H groups in total. The number of nitriles is 1. The average molecular weight is 250 g/mol. The molecule has 0 saturated heterocycles. The van der Waals surface area contributed by atoms with Crippen LogP contribution >= 0.6 is 15.9 Å². The number of benzene rings is 1. The predicted octanol–water partition coefficient (Wildman–Crippen LogP) is 2.40. The van der Waals surface area contributed by atoms with Crippen molar-refractivity contribution in [1.82, 2.24) is 0 Å². The molecule has 3 heteroatoms. The van der Waals surface area contributed by atoms with Crippen LogP contribution in [-0.2, 0) is 0 Å². The van der Waals surface area contributed by atoms with Gasteiger partial charge in [0.2, 0.25) is 0 Å². The first-order valence-electron chi connectivity index (χ1n) is 4.06. The van der Waals surface area contributed by atoms with Gasteiger partial charge in [0.1, 0.15) is 11.8 Å². The molecule has 0 bridgehead atoms. The number of hydrogen-bond donors (Lipinski definition) is 1. The van der Waals surface area contributed by atoms with E-state index in [1.165, 1.54) is 6.07 Å². The van der Waals surface area contributed by atoms with E-state index in [0.717, 1.165) is 17.3 Å². The quantitative estimate of drug-likeness (QED) is 0.614. The van der Waals surface area contributed by atoms with Crippen LogP contribution < -0.4 is 0 Å². The molecule has 0 aliphatic carbocycles. The second-order valence-electron chi connectivity index (χ2n) is 2.58. The van der Waals surface area contributed by atoms with Gasteiger partial charge in [-0.1, -0.05) is 27.8 Å². The molecular weight excluding hydrogens is 242 g/mol. The van der Waals surface area contributed by atoms with Crippen molar-refractivity contribution in [1.29, 1.82) is 5.26 Å². The first kappa shape index (κ1) is 10.6. The lowest BCUT2D eigenvalue weighted by Gasteiger charge is -1.95. The third kappa shape index (κ3) is 2.80. The van der Waals surface area contributed by atoms with E-state index < -0.39 is 0 Å². The van der Waals surface area contributed by atoms with Crippen molar-refractivity contribution >= 4 is 15.9 Å². The molecule has 0 aromatic heterocycles. The molecule has 0 fully saturated rings. The van der Waals surface area contributed by atoms with E-state index in [1.54, 1.807) is 12.1 Å². The fourth-order valence-electron chi connectivity index (χ4n) is 0.916. The van der Waals surface area contributed by atoms with E-state index in [1.807, 2.05) is 6.07 Å². The summed E-state index contributed by atoms with van der Waals surface area (Å²) in [5.41, 5.74) is 0.999. The number of nitrogens with zero attached hydrogens (tertiary/aromatic N) is 1. The third-order valence-electron chi connectivity index (χ3n) is 1.57. The smallest absolute Gasteiger partial charge is 0.134 e. The molecule has 1 rings (SSSR count). The van der Waals surface area contributed by atoms with Gasteiger partial charge in [0, 0.05) is 17.3 Å². The van der Waals surface area contributed by atoms with E-state index in [9.17, 15) is 5.11 Å². The topological polar surface area (TPSA) is 44.0 Å². The molecule has 0 atom stereocenters. The zero-order valence-corrected chi connectivity index (χ0v) is 9.00. The summed E-state index contributed by atoms with van der Waals surface area (Å²) in [5, 5.41) is 18.8. The van der Waals surface area contributed by atoms with Gasteiger partial charge in [-0.25, -0.2) is 0 Å². The Morgan fingerprint density at radius 3 is 2.79 bits per heavy atom. The summed E-state index contributed by atoms with van der Waals surface area (Å²) in [6, 6.07) is 6.67. The minimum atomic E-state index is -0.0156. The zero-order valence-electron chi connectivity index (χ0n) is 7.42. The number of phenolic OH excluding ortho intramolecular Hbond substituents is 1. The Balaban J connectivity index is 2.89. The molecule has 1 aromatic rings. The first-order chi connectivity index (χ1) is 6.77. The molecule has 1 aromatic carbocycles. The van der Waals surface area contributed by atoms with Crippen molar-refractivity contribution in [3.05, 3.63) is 29.3 Å². The van der Waals surface area contributed by atoms with Crippen molar-refractivity contribution in [3.63, 3.8) is 0 Å². The van der Waals surface area contributed by atoms with Crippen molar-refractivity contribution < 1.29 is 5.11 Å². The van der Waals surface area contributed by atoms with E-state index in [4.69, 9.17) is 5.26 Å². The molecule has 14 heavy (non-hydrogen) atoms. The van der Waals surface area contributed by atoms with Crippen LogP contribution in [0.15, 0.2) is 18.2 Å². The second-order valence-corrected chi connectivity index (χ2v) is 3.38. The summed E-state index contributed by atoms with van der Waals surface area (Å²) < 4.78 is 0. The van der Waals surface area contributed by atoms with E-state index in [-0.39, 0.29) is 11.3 Å². The molecule has 0 heterocycles. The molecule has 0 amide bonds. The second kappa shape index (κ2) is 5.32. The van der Waals surface area contributed by atoms with Crippen LogP contribution in [-0.4, -0.2) is 10.4 Å². The lowest BCUT2D eigenvalue weighted by Crippen LogP contribution is -1.79. The Morgan fingerprint density at radius 2 is 2.21 bits per heavy atom. The fraction of sp³-hybridized carbons (Fsp3) is 0.182. The number of halogens is 1. The van der Waals surface area contributed by atoms with E-state index in [2.05, 4.69) is 27.8 Å². The van der Waals surface area contributed by atoms with Crippen LogP contribution in [0, 0.1) is 23.2 Å². The van der Waals surface area contributed by atoms with Crippen LogP contribution in [0.4, 0.5) is 0 Å². The highest BCUT2D eigenvalue weighted by Gasteiger charge is 1.98. The largest absolute Gasteiger partial charge is 0.507 e. The lowest BCUT2D eigenvalue weighted by molar-refractivity contribution is 0.473. The Kier molecular flexibility index (Phi) is 4.04. The Morgan fingerprint density at radius 1 is 1.43 bits per heavy atom. The summed E-state index contributed by atoms with van der Waals surface area (Å²) in [5.74, 6) is 5.80. The number of hydrogen-bond acceptors (Lipinski definition) is 2. The van der Waals surface area contributed by atoms with Gasteiger partial charge in [-0.05, 0) is 18.2 Å². The molecule has 2 nitrogen and oxygen atoms in total. The van der Waals surface area contributed by atoms with Gasteiger partial charge < -0.3 is 5.11 Å². The highest BCUT2D eigenvalue weighted by molar-refractivity contribution is 9.09. The van der Waals surface area contributed by atoms with E-state index in [0.29, 0.717) is 0 Å². The number of aromatic hydroxyl groups is 1. The SMILES string of the molecule is N#Cc1ccc(C#CCCBr)cc1O. The minimum absolute atomic E-state index is 0.0156. The normalized spacial score (nSPS) is 8.57. The monoisotopic (exact) mass is 249 g/mol. The fourth-order valence-corrected chi connectivity index (χ4v) is 1.11. The molecule has 0 spiro atoms. The molecule has 0 radical (unpaired) electrons. The van der Waals surface area contributed by atoms with Gasteiger partial charge in [-0.2, -0.15) is 5.26 Å². The molecule has 0 saturated carbocycles. The lowest BCUT2D eigenvalue weighted by atomic mass is 10.1. The van der Waals surface area contributed by atoms with Gasteiger partial charge in [0.15, 0.2) is 0 Å². The van der Waals surface area contributed by atoms with Gasteiger partial charge in [0.25, 0.3) is 0 Å². The van der Waals surface area contributed by atoms with Gasteiger partial charge >= 0.3 is 0 Å². The van der Waals surface area contributed by atoms with Crippen LogP contribution in [0.5, 0.6) is 5.75 Å². The molecule has 0 aliphatic heterocycles. The summed E-state index contributed by atoms with van der Waals surface area (Å²) in [6.07, 6.45) is 0.765. The third-order valence-corrected chi connectivity index (χ3v) is 1.97. The van der Waals surface area contributed by atoms with Crippen LogP contribution in [0.25, 0.3) is 0 Å². The van der Waals surface area contributed by atoms with Gasteiger partial charge in [0.05, 0.1) is 5.56 Å². The Labute approximate surface area is 91.3 Å². The Hall–Kier alpha value is -1.45. The number of alkyl halides is 1. The Bertz CT molecular complexity index is 423. The molecule has 0 unspecified atom stereocenters. The highest BCUT2D eigenvalue weighted by atomic mass is 79.9. The average Bonchev–Trinajstić information content (AvgIpc) is 2.18. The summed E-state index contributed by atoms with van der Waals surface area (Å²) in [4.78, 5) is 0. The maximum atomic E-state index is 9.35. The molecule has 70 valence electrons.